The van der Waals surface area contributed by atoms with Crippen LogP contribution in [0.25, 0.3) is 0 Å². The number of nitrogens with one attached hydrogen (secondary N) is 2. The lowest BCUT2D eigenvalue weighted by Crippen LogP contribution is -2.50. The van der Waals surface area contributed by atoms with Crippen molar-refractivity contribution in [2.75, 3.05) is 5.32 Å². The van der Waals surface area contributed by atoms with Crippen LogP contribution in [-0.2, 0) is 18.1 Å². The van der Waals surface area contributed by atoms with E-state index in [9.17, 15) is 22.4 Å². The number of rotatable bonds is 6. The highest BCUT2D eigenvalue weighted by molar-refractivity contribution is 5.90. The summed E-state index contributed by atoms with van der Waals surface area (Å²) in [6.45, 7) is 1.84. The van der Waals surface area contributed by atoms with Crippen LogP contribution in [0.4, 0.5) is 28.0 Å². The molecule has 36 heavy (non-hydrogen) atoms. The van der Waals surface area contributed by atoms with E-state index < -0.39 is 29.1 Å². The SMILES string of the molecule is Cc1ccnc(C(Cc2ccccc2)(NC(=O)Nc2ccc(F)cc2)c2cccc(C(F)(F)F)c2)c1. The van der Waals surface area contributed by atoms with Gasteiger partial charge in [0.25, 0.3) is 0 Å². The van der Waals surface area contributed by atoms with Gasteiger partial charge in [-0.3, -0.25) is 4.98 Å². The highest BCUT2D eigenvalue weighted by atomic mass is 19.4. The number of alkyl halides is 3. The van der Waals surface area contributed by atoms with E-state index in [1.165, 1.54) is 30.3 Å². The largest absolute Gasteiger partial charge is 0.416 e. The van der Waals surface area contributed by atoms with E-state index in [4.69, 9.17) is 0 Å². The number of pyridine rings is 1. The van der Waals surface area contributed by atoms with Gasteiger partial charge < -0.3 is 10.6 Å². The van der Waals surface area contributed by atoms with Crippen molar-refractivity contribution in [1.82, 2.24) is 10.3 Å². The van der Waals surface area contributed by atoms with Gasteiger partial charge in [-0.25, -0.2) is 9.18 Å². The minimum Gasteiger partial charge on any atom is -0.322 e. The molecule has 0 fully saturated rings. The Morgan fingerprint density at radius 2 is 1.56 bits per heavy atom. The molecule has 0 bridgehead atoms. The third-order valence-corrected chi connectivity index (χ3v) is 5.78. The van der Waals surface area contributed by atoms with Crippen molar-refractivity contribution in [3.63, 3.8) is 0 Å². The molecule has 0 aliphatic rings. The number of hydrogen-bond donors (Lipinski definition) is 2. The number of aryl methyl sites for hydroxylation is 1. The fourth-order valence-electron chi connectivity index (χ4n) is 4.04. The minimum absolute atomic E-state index is 0.127. The molecule has 3 aromatic carbocycles. The Morgan fingerprint density at radius 3 is 2.22 bits per heavy atom. The predicted molar refractivity (Wildman–Crippen MR) is 130 cm³/mol. The van der Waals surface area contributed by atoms with Crippen LogP contribution in [0, 0.1) is 12.7 Å². The van der Waals surface area contributed by atoms with Crippen LogP contribution in [0.3, 0.4) is 0 Å². The third-order valence-electron chi connectivity index (χ3n) is 5.78. The number of carbonyl (C=O) groups excluding carboxylic acids is 1. The maximum Gasteiger partial charge on any atom is 0.416 e. The maximum atomic E-state index is 13.7. The molecule has 0 spiro atoms. The number of urea groups is 1. The normalized spacial score (nSPS) is 13.0. The Bertz CT molecular complexity index is 1340. The Morgan fingerprint density at radius 1 is 0.861 bits per heavy atom. The summed E-state index contributed by atoms with van der Waals surface area (Å²) in [5, 5.41) is 5.55. The highest BCUT2D eigenvalue weighted by Crippen LogP contribution is 2.37. The molecule has 0 aliphatic heterocycles. The van der Waals surface area contributed by atoms with Crippen molar-refractivity contribution < 1.29 is 22.4 Å². The van der Waals surface area contributed by atoms with Crippen molar-refractivity contribution in [2.45, 2.75) is 25.1 Å². The summed E-state index contributed by atoms with van der Waals surface area (Å²) < 4.78 is 54.4. The van der Waals surface area contributed by atoms with E-state index in [2.05, 4.69) is 15.6 Å². The van der Waals surface area contributed by atoms with Gasteiger partial charge in [-0.15, -0.1) is 0 Å². The van der Waals surface area contributed by atoms with Gasteiger partial charge in [-0.1, -0.05) is 42.5 Å². The molecule has 1 heterocycles. The van der Waals surface area contributed by atoms with Gasteiger partial charge in [0, 0.05) is 18.3 Å². The fraction of sp³-hybridized carbons (Fsp3) is 0.143. The monoisotopic (exact) mass is 493 g/mol. The first-order chi connectivity index (χ1) is 17.2. The summed E-state index contributed by atoms with van der Waals surface area (Å²) in [6.07, 6.45) is -2.90. The molecule has 1 unspecified atom stereocenters. The number of nitrogens with zero attached hydrogens (tertiary/aromatic N) is 1. The van der Waals surface area contributed by atoms with Gasteiger partial charge in [0.2, 0.25) is 0 Å². The Balaban J connectivity index is 1.87. The van der Waals surface area contributed by atoms with Crippen LogP contribution in [0.5, 0.6) is 0 Å². The van der Waals surface area contributed by atoms with Crippen LogP contribution in [0.2, 0.25) is 0 Å². The molecular formula is C28H23F4N3O. The Labute approximate surface area is 206 Å². The van der Waals surface area contributed by atoms with Gasteiger partial charge in [-0.2, -0.15) is 13.2 Å². The van der Waals surface area contributed by atoms with Gasteiger partial charge in [0.1, 0.15) is 11.4 Å². The van der Waals surface area contributed by atoms with Crippen LogP contribution < -0.4 is 10.6 Å². The number of anilines is 1. The summed E-state index contributed by atoms with van der Waals surface area (Å²) in [6, 6.07) is 22.0. The van der Waals surface area contributed by atoms with Crippen LogP contribution >= 0.6 is 0 Å². The summed E-state index contributed by atoms with van der Waals surface area (Å²) in [7, 11) is 0. The van der Waals surface area contributed by atoms with Crippen LogP contribution in [0.15, 0.2) is 97.2 Å². The summed E-state index contributed by atoms with van der Waals surface area (Å²) in [5.74, 6) is -0.465. The predicted octanol–water partition coefficient (Wildman–Crippen LogP) is 6.86. The summed E-state index contributed by atoms with van der Waals surface area (Å²) >= 11 is 0. The Hall–Kier alpha value is -4.20. The average molecular weight is 494 g/mol. The lowest BCUT2D eigenvalue weighted by Gasteiger charge is -2.36. The topological polar surface area (TPSA) is 54.0 Å². The second-order valence-electron chi connectivity index (χ2n) is 8.45. The standard InChI is InChI=1S/C28H23F4N3O/c1-19-14-15-33-25(16-19)27(18-20-6-3-2-4-7-20,21-8-5-9-22(17-21)28(30,31)32)35-26(36)34-24-12-10-23(29)11-13-24/h2-17H,18H2,1H3,(H2,34,35,36). The van der Waals surface area contributed by atoms with Gasteiger partial charge in [0.15, 0.2) is 0 Å². The molecule has 4 nitrogen and oxygen atoms in total. The van der Waals surface area contributed by atoms with E-state index in [1.54, 1.807) is 24.4 Å². The third kappa shape index (κ3) is 5.71. The highest BCUT2D eigenvalue weighted by Gasteiger charge is 2.40. The first kappa shape index (κ1) is 24.9. The lowest BCUT2D eigenvalue weighted by molar-refractivity contribution is -0.137. The molecule has 2 amide bonds. The molecule has 4 aromatic rings. The van der Waals surface area contributed by atoms with Gasteiger partial charge >= 0.3 is 12.2 Å². The zero-order chi connectivity index (χ0) is 25.8. The smallest absolute Gasteiger partial charge is 0.322 e. The number of benzene rings is 3. The number of aromatic nitrogens is 1. The van der Waals surface area contributed by atoms with E-state index in [-0.39, 0.29) is 12.0 Å². The van der Waals surface area contributed by atoms with Crippen molar-refractivity contribution in [1.29, 1.82) is 0 Å². The van der Waals surface area contributed by atoms with Crippen molar-refractivity contribution >= 4 is 11.7 Å². The van der Waals surface area contributed by atoms with E-state index in [0.29, 0.717) is 11.4 Å². The maximum absolute atomic E-state index is 13.7. The first-order valence-electron chi connectivity index (χ1n) is 11.2. The average Bonchev–Trinajstić information content (AvgIpc) is 2.85. The molecule has 1 aromatic heterocycles. The molecule has 0 saturated heterocycles. The molecule has 0 aliphatic carbocycles. The quantitative estimate of drug-likeness (QED) is 0.289. The number of halogens is 4. The van der Waals surface area contributed by atoms with Crippen molar-refractivity contribution in [2.24, 2.45) is 0 Å². The first-order valence-corrected chi connectivity index (χ1v) is 11.2. The summed E-state index contributed by atoms with van der Waals surface area (Å²) in [4.78, 5) is 17.7. The molecule has 184 valence electrons. The second-order valence-corrected chi connectivity index (χ2v) is 8.45. The molecule has 4 rings (SSSR count). The van der Waals surface area contributed by atoms with Gasteiger partial charge in [0.05, 0.1) is 11.3 Å². The zero-order valence-electron chi connectivity index (χ0n) is 19.3. The molecule has 8 heteroatoms. The molecule has 0 radical (unpaired) electrons. The number of amides is 2. The molecule has 0 saturated carbocycles. The lowest BCUT2D eigenvalue weighted by atomic mass is 9.79. The molecule has 2 N–H and O–H groups in total. The molecule has 1 atom stereocenters. The second kappa shape index (κ2) is 10.2. The van der Waals surface area contributed by atoms with Crippen molar-refractivity contribution in [3.8, 4) is 0 Å². The van der Waals surface area contributed by atoms with Crippen molar-refractivity contribution in [3.05, 3.63) is 131 Å². The molecular weight excluding hydrogens is 470 g/mol. The summed E-state index contributed by atoms with van der Waals surface area (Å²) in [5.41, 5.74) is 0.215. The Kier molecular flexibility index (Phi) is 7.05. The van der Waals surface area contributed by atoms with E-state index in [0.717, 1.165) is 23.3 Å². The van der Waals surface area contributed by atoms with Crippen LogP contribution in [-0.4, -0.2) is 11.0 Å². The van der Waals surface area contributed by atoms with E-state index >= 15 is 0 Å². The number of carbonyl (C=O) groups is 1. The van der Waals surface area contributed by atoms with Gasteiger partial charge in [-0.05, 0) is 72.1 Å². The minimum atomic E-state index is -4.58. The fourth-order valence-corrected chi connectivity index (χ4v) is 4.04. The zero-order valence-corrected chi connectivity index (χ0v) is 19.3. The van der Waals surface area contributed by atoms with E-state index in [1.807, 2.05) is 37.3 Å². The van der Waals surface area contributed by atoms with Crippen LogP contribution in [0.1, 0.15) is 27.9 Å². The number of hydrogen-bond acceptors (Lipinski definition) is 2.